The number of hydrogen-bond acceptors (Lipinski definition) is 6. The van der Waals surface area contributed by atoms with Crippen LogP contribution >= 0.6 is 11.8 Å². The lowest BCUT2D eigenvalue weighted by atomic mass is 10.0. The Labute approximate surface area is 219 Å². The van der Waals surface area contributed by atoms with Crippen LogP contribution in [-0.4, -0.2) is 47.1 Å². The molecule has 1 amide bonds. The van der Waals surface area contributed by atoms with Gasteiger partial charge in [-0.3, -0.25) is 4.79 Å². The summed E-state index contributed by atoms with van der Waals surface area (Å²) in [7, 11) is 3.20. The average molecular weight is 513 g/mol. The number of thioether (sulfide) groups is 1. The number of aromatic nitrogens is 3. The fraction of sp³-hybridized carbons (Fsp3) is 0.207. The van der Waals surface area contributed by atoms with Gasteiger partial charge in [0.1, 0.15) is 5.82 Å². The molecule has 188 valence electrons. The van der Waals surface area contributed by atoms with Crippen molar-refractivity contribution in [1.29, 1.82) is 0 Å². The molecule has 5 aromatic rings. The fourth-order valence-corrected chi connectivity index (χ4v) is 4.86. The van der Waals surface area contributed by atoms with E-state index in [4.69, 9.17) is 19.4 Å². The number of amides is 1. The van der Waals surface area contributed by atoms with E-state index in [-0.39, 0.29) is 11.9 Å². The third kappa shape index (κ3) is 5.11. The number of H-pyrrole nitrogens is 1. The van der Waals surface area contributed by atoms with Gasteiger partial charge in [-0.2, -0.15) is 11.8 Å². The summed E-state index contributed by atoms with van der Waals surface area (Å²) in [4.78, 5) is 26.8. The Morgan fingerprint density at radius 2 is 1.70 bits per heavy atom. The molecule has 2 aromatic heterocycles. The van der Waals surface area contributed by atoms with Crippen LogP contribution in [-0.2, 0) is 0 Å². The van der Waals surface area contributed by atoms with Gasteiger partial charge in [0.05, 0.1) is 48.1 Å². The number of pyridine rings is 1. The van der Waals surface area contributed by atoms with E-state index in [0.717, 1.165) is 45.5 Å². The van der Waals surface area contributed by atoms with Gasteiger partial charge in [0, 0.05) is 10.9 Å². The van der Waals surface area contributed by atoms with Gasteiger partial charge in [0.25, 0.3) is 5.91 Å². The smallest absolute Gasteiger partial charge is 0.252 e. The number of nitrogens with one attached hydrogen (secondary N) is 2. The first kappa shape index (κ1) is 24.6. The third-order valence-corrected chi connectivity index (χ3v) is 6.94. The normalized spacial score (nSPS) is 12.0. The molecule has 2 N–H and O–H groups in total. The monoisotopic (exact) mass is 512 g/mol. The number of ether oxygens (including phenoxy) is 2. The highest BCUT2D eigenvalue weighted by atomic mass is 32.2. The minimum atomic E-state index is -0.260. The van der Waals surface area contributed by atoms with Crippen LogP contribution in [0.5, 0.6) is 11.5 Å². The van der Waals surface area contributed by atoms with Crippen LogP contribution in [0.4, 0.5) is 0 Å². The van der Waals surface area contributed by atoms with Crippen LogP contribution in [0.25, 0.3) is 33.2 Å². The molecule has 7 nitrogen and oxygen atoms in total. The summed E-state index contributed by atoms with van der Waals surface area (Å²) >= 11 is 1.74. The van der Waals surface area contributed by atoms with Gasteiger partial charge in [-0.15, -0.1) is 0 Å². The van der Waals surface area contributed by atoms with E-state index in [1.54, 1.807) is 26.0 Å². The van der Waals surface area contributed by atoms with E-state index in [9.17, 15) is 4.79 Å². The quantitative estimate of drug-likeness (QED) is 0.251. The number of para-hydroxylation sites is 3. The molecular formula is C29H28N4O3S. The first-order chi connectivity index (χ1) is 18.1. The maximum absolute atomic E-state index is 13.8. The maximum atomic E-state index is 13.8. The summed E-state index contributed by atoms with van der Waals surface area (Å²) < 4.78 is 10.9. The Morgan fingerprint density at radius 1 is 0.946 bits per heavy atom. The Morgan fingerprint density at radius 3 is 2.46 bits per heavy atom. The zero-order chi connectivity index (χ0) is 25.8. The second kappa shape index (κ2) is 10.9. The predicted octanol–water partition coefficient (Wildman–Crippen LogP) is 6.02. The van der Waals surface area contributed by atoms with Gasteiger partial charge in [0.15, 0.2) is 11.5 Å². The van der Waals surface area contributed by atoms with Crippen molar-refractivity contribution in [3.05, 3.63) is 84.2 Å². The van der Waals surface area contributed by atoms with Crippen molar-refractivity contribution in [3.63, 3.8) is 0 Å². The molecule has 0 bridgehead atoms. The number of carbonyl (C=O) groups is 1. The molecule has 8 heteroatoms. The molecule has 0 aliphatic rings. The van der Waals surface area contributed by atoms with E-state index in [1.807, 2.05) is 72.8 Å². The first-order valence-electron chi connectivity index (χ1n) is 12.0. The minimum absolute atomic E-state index is 0.174. The number of carbonyl (C=O) groups excluding carboxylic acids is 1. The van der Waals surface area contributed by atoms with E-state index in [0.29, 0.717) is 22.8 Å². The van der Waals surface area contributed by atoms with Crippen molar-refractivity contribution < 1.29 is 14.3 Å². The largest absolute Gasteiger partial charge is 0.493 e. The summed E-state index contributed by atoms with van der Waals surface area (Å²) in [5, 5.41) is 4.03. The zero-order valence-electron chi connectivity index (χ0n) is 20.9. The lowest BCUT2D eigenvalue weighted by Crippen LogP contribution is -2.30. The molecule has 2 heterocycles. The maximum Gasteiger partial charge on any atom is 0.252 e. The topological polar surface area (TPSA) is 89.1 Å². The summed E-state index contributed by atoms with van der Waals surface area (Å²) in [6.07, 6.45) is 2.81. The first-order valence-corrected chi connectivity index (χ1v) is 13.4. The zero-order valence-corrected chi connectivity index (χ0v) is 21.8. The fourth-order valence-electron chi connectivity index (χ4n) is 4.39. The molecule has 5 rings (SSSR count). The van der Waals surface area contributed by atoms with Crippen LogP contribution in [0.2, 0.25) is 0 Å². The number of imidazole rings is 1. The summed E-state index contributed by atoms with van der Waals surface area (Å²) in [6.45, 7) is 0. The standard InChI is InChI=1S/C29H28N4O3S/c1-35-26-13-12-18(16-27(26)36-2)25-17-20(19-8-4-5-9-21(19)30-25)29(34)33-24(14-15-37-3)28-31-22-10-6-7-11-23(22)32-28/h4-13,16-17,24H,14-15H2,1-3H3,(H,31,32)(H,33,34)/t24-/m0/s1. The van der Waals surface area contributed by atoms with E-state index >= 15 is 0 Å². The number of hydrogen-bond donors (Lipinski definition) is 2. The molecule has 0 aliphatic carbocycles. The number of methoxy groups -OCH3 is 2. The van der Waals surface area contributed by atoms with Crippen LogP contribution in [0.3, 0.4) is 0 Å². The Kier molecular flexibility index (Phi) is 7.28. The number of benzene rings is 3. The van der Waals surface area contributed by atoms with Gasteiger partial charge in [-0.25, -0.2) is 9.97 Å². The van der Waals surface area contributed by atoms with Crippen LogP contribution in [0.15, 0.2) is 72.8 Å². The average Bonchev–Trinajstić information content (AvgIpc) is 3.38. The molecule has 0 spiro atoms. The molecule has 0 saturated carbocycles. The molecule has 1 atom stereocenters. The van der Waals surface area contributed by atoms with Crippen molar-refractivity contribution in [2.45, 2.75) is 12.5 Å². The van der Waals surface area contributed by atoms with Crippen LogP contribution in [0, 0.1) is 0 Å². The van der Waals surface area contributed by atoms with Crippen molar-refractivity contribution >= 4 is 39.6 Å². The number of aromatic amines is 1. The van der Waals surface area contributed by atoms with Crippen molar-refractivity contribution in [3.8, 4) is 22.8 Å². The Hall–Kier alpha value is -4.04. The van der Waals surface area contributed by atoms with Crippen molar-refractivity contribution in [2.75, 3.05) is 26.2 Å². The molecule has 0 radical (unpaired) electrons. The van der Waals surface area contributed by atoms with Gasteiger partial charge in [-0.05, 0) is 60.9 Å². The molecule has 0 saturated heterocycles. The van der Waals surface area contributed by atoms with Crippen molar-refractivity contribution in [1.82, 2.24) is 20.3 Å². The minimum Gasteiger partial charge on any atom is -0.493 e. The highest BCUT2D eigenvalue weighted by Crippen LogP contribution is 2.33. The highest BCUT2D eigenvalue weighted by molar-refractivity contribution is 7.98. The van der Waals surface area contributed by atoms with Gasteiger partial charge in [0.2, 0.25) is 0 Å². The second-order valence-electron chi connectivity index (χ2n) is 8.59. The SMILES string of the molecule is COc1ccc(-c2cc(C(=O)N[C@@H](CCSC)c3nc4ccccc4[nH]3)c3ccccc3n2)cc1OC. The van der Waals surface area contributed by atoms with Gasteiger partial charge >= 0.3 is 0 Å². The number of nitrogens with zero attached hydrogens (tertiary/aromatic N) is 2. The molecular weight excluding hydrogens is 484 g/mol. The summed E-state index contributed by atoms with van der Waals surface area (Å²) in [5.41, 5.74) is 4.63. The Balaban J connectivity index is 1.54. The summed E-state index contributed by atoms with van der Waals surface area (Å²) in [5.74, 6) is 2.69. The lowest BCUT2D eigenvalue weighted by Gasteiger charge is -2.18. The second-order valence-corrected chi connectivity index (χ2v) is 9.57. The lowest BCUT2D eigenvalue weighted by molar-refractivity contribution is 0.0936. The predicted molar refractivity (Wildman–Crippen MR) is 150 cm³/mol. The van der Waals surface area contributed by atoms with Gasteiger partial charge in [-0.1, -0.05) is 30.3 Å². The molecule has 3 aromatic carbocycles. The third-order valence-electron chi connectivity index (χ3n) is 6.29. The van der Waals surface area contributed by atoms with Crippen LogP contribution in [0.1, 0.15) is 28.6 Å². The Bertz CT molecular complexity index is 1530. The molecule has 0 unspecified atom stereocenters. The van der Waals surface area contributed by atoms with E-state index in [1.165, 1.54) is 0 Å². The van der Waals surface area contributed by atoms with Crippen molar-refractivity contribution in [2.24, 2.45) is 0 Å². The number of fused-ring (bicyclic) bond motifs is 2. The molecule has 37 heavy (non-hydrogen) atoms. The number of rotatable bonds is 9. The molecule has 0 aliphatic heterocycles. The molecule has 0 fully saturated rings. The van der Waals surface area contributed by atoms with E-state index < -0.39 is 0 Å². The summed E-state index contributed by atoms with van der Waals surface area (Å²) in [6, 6.07) is 22.8. The van der Waals surface area contributed by atoms with Crippen LogP contribution < -0.4 is 14.8 Å². The van der Waals surface area contributed by atoms with E-state index in [2.05, 4.69) is 16.6 Å². The highest BCUT2D eigenvalue weighted by Gasteiger charge is 2.21. The van der Waals surface area contributed by atoms with Gasteiger partial charge < -0.3 is 19.8 Å².